The molecule has 5 atom stereocenters. The number of aryl methyl sites for hydroxylation is 1. The van der Waals surface area contributed by atoms with Gasteiger partial charge < -0.3 is 37.0 Å². The van der Waals surface area contributed by atoms with E-state index in [4.69, 9.17) is 5.73 Å². The van der Waals surface area contributed by atoms with Crippen LogP contribution in [-0.2, 0) is 9.59 Å². The van der Waals surface area contributed by atoms with E-state index in [0.717, 1.165) is 5.56 Å². The monoisotopic (exact) mass is 394 g/mol. The second-order valence-electron chi connectivity index (χ2n) is 7.17. The van der Waals surface area contributed by atoms with E-state index in [1.165, 1.54) is 6.92 Å². The number of nitrogens with one attached hydrogen (secondary N) is 3. The minimum absolute atomic E-state index is 0.357. The zero-order chi connectivity index (χ0) is 21.1. The molecular formula is C18H26N4O6. The van der Waals surface area contributed by atoms with E-state index >= 15 is 0 Å². The molecule has 4 amide bonds. The summed E-state index contributed by atoms with van der Waals surface area (Å²) in [6, 6.07) is 4.18. The van der Waals surface area contributed by atoms with Crippen LogP contribution in [0.25, 0.3) is 0 Å². The molecule has 2 rings (SSSR count). The highest BCUT2D eigenvalue weighted by Crippen LogP contribution is 2.30. The van der Waals surface area contributed by atoms with Crippen molar-refractivity contribution in [3.63, 3.8) is 0 Å². The second-order valence-corrected chi connectivity index (χ2v) is 7.17. The molecule has 1 aromatic rings. The van der Waals surface area contributed by atoms with E-state index in [2.05, 4.69) is 16.0 Å². The van der Waals surface area contributed by atoms with Gasteiger partial charge in [-0.25, -0.2) is 4.79 Å². The topological polar surface area (TPSA) is 174 Å². The molecule has 0 aromatic heterocycles. The summed E-state index contributed by atoms with van der Waals surface area (Å²) in [5.41, 5.74) is 4.52. The van der Waals surface area contributed by atoms with E-state index in [1.807, 2.05) is 6.92 Å². The zero-order valence-electron chi connectivity index (χ0n) is 15.7. The number of benzene rings is 1. The number of carbonyl (C=O) groups is 3. The van der Waals surface area contributed by atoms with Crippen LogP contribution in [-0.4, -0.2) is 63.1 Å². The van der Waals surface area contributed by atoms with Crippen LogP contribution in [0.15, 0.2) is 24.3 Å². The minimum atomic E-state index is -2.09. The Morgan fingerprint density at radius 1 is 1.18 bits per heavy atom. The summed E-state index contributed by atoms with van der Waals surface area (Å²) in [6.07, 6.45) is -3.66. The number of hydrogen-bond acceptors (Lipinski definition) is 6. The average Bonchev–Trinajstić information content (AvgIpc) is 2.61. The molecule has 1 aliphatic carbocycles. The smallest absolute Gasteiger partial charge is 0.319 e. The van der Waals surface area contributed by atoms with Gasteiger partial charge in [0.15, 0.2) is 0 Å². The van der Waals surface area contributed by atoms with Crippen LogP contribution in [0.1, 0.15) is 25.3 Å². The van der Waals surface area contributed by atoms with E-state index in [9.17, 15) is 29.7 Å². The van der Waals surface area contributed by atoms with Crippen molar-refractivity contribution in [1.29, 1.82) is 0 Å². The fraction of sp³-hybridized carbons (Fsp3) is 0.500. The van der Waals surface area contributed by atoms with Crippen LogP contribution in [0, 0.1) is 6.92 Å². The van der Waals surface area contributed by atoms with Crippen molar-refractivity contribution >= 4 is 23.5 Å². The van der Waals surface area contributed by atoms with Crippen molar-refractivity contribution < 1.29 is 29.7 Å². The Bertz CT molecular complexity index is 740. The predicted molar refractivity (Wildman–Crippen MR) is 100 cm³/mol. The average molecular weight is 394 g/mol. The van der Waals surface area contributed by atoms with Crippen LogP contribution in [0.2, 0.25) is 0 Å². The van der Waals surface area contributed by atoms with E-state index in [0.29, 0.717) is 5.69 Å². The van der Waals surface area contributed by atoms with Crippen molar-refractivity contribution in [3.05, 3.63) is 29.8 Å². The molecule has 1 aliphatic rings. The van der Waals surface area contributed by atoms with Gasteiger partial charge in [-0.15, -0.1) is 0 Å². The fourth-order valence-electron chi connectivity index (χ4n) is 3.00. The van der Waals surface area contributed by atoms with Gasteiger partial charge in [0, 0.05) is 18.5 Å². The van der Waals surface area contributed by atoms with Crippen molar-refractivity contribution in [2.75, 3.05) is 5.32 Å². The van der Waals surface area contributed by atoms with Gasteiger partial charge in [0.1, 0.15) is 17.7 Å². The third-order valence-corrected chi connectivity index (χ3v) is 4.73. The number of urea groups is 1. The molecule has 8 N–H and O–H groups in total. The van der Waals surface area contributed by atoms with Gasteiger partial charge in [0.2, 0.25) is 5.91 Å². The lowest BCUT2D eigenvalue weighted by molar-refractivity contribution is -0.158. The maximum Gasteiger partial charge on any atom is 0.319 e. The van der Waals surface area contributed by atoms with Crippen LogP contribution in [0.3, 0.4) is 0 Å². The first-order valence-electron chi connectivity index (χ1n) is 8.85. The van der Waals surface area contributed by atoms with Crippen LogP contribution in [0.4, 0.5) is 10.5 Å². The molecule has 10 nitrogen and oxygen atoms in total. The Morgan fingerprint density at radius 2 is 1.79 bits per heavy atom. The van der Waals surface area contributed by atoms with Crippen molar-refractivity contribution in [1.82, 2.24) is 10.6 Å². The Morgan fingerprint density at radius 3 is 2.36 bits per heavy atom. The van der Waals surface area contributed by atoms with E-state index in [1.54, 1.807) is 24.3 Å². The van der Waals surface area contributed by atoms with Gasteiger partial charge >= 0.3 is 6.03 Å². The summed E-state index contributed by atoms with van der Waals surface area (Å²) in [5.74, 6) is -1.71. The summed E-state index contributed by atoms with van der Waals surface area (Å²) >= 11 is 0. The fourth-order valence-corrected chi connectivity index (χ4v) is 3.00. The summed E-state index contributed by atoms with van der Waals surface area (Å²) in [6.45, 7) is 3.25. The lowest BCUT2D eigenvalue weighted by atomic mass is 9.77. The van der Waals surface area contributed by atoms with Gasteiger partial charge in [0.05, 0.1) is 12.1 Å². The van der Waals surface area contributed by atoms with Crippen molar-refractivity contribution in [2.24, 2.45) is 5.73 Å². The number of nitrogens with two attached hydrogens (primary N) is 1. The molecule has 1 saturated carbocycles. The number of aliphatic hydroxyl groups excluding tert-OH is 2. The Balaban J connectivity index is 2.06. The molecule has 0 unspecified atom stereocenters. The molecule has 10 heteroatoms. The molecule has 0 aliphatic heterocycles. The van der Waals surface area contributed by atoms with Gasteiger partial charge in [0.25, 0.3) is 5.91 Å². The number of aliphatic hydroxyl groups is 3. The predicted octanol–water partition coefficient (Wildman–Crippen LogP) is -1.28. The first-order valence-corrected chi connectivity index (χ1v) is 8.85. The maximum absolute atomic E-state index is 12.4. The Kier molecular flexibility index (Phi) is 6.60. The third-order valence-electron chi connectivity index (χ3n) is 4.73. The van der Waals surface area contributed by atoms with Crippen LogP contribution < -0.4 is 21.7 Å². The number of rotatable bonds is 5. The van der Waals surface area contributed by atoms with E-state index < -0.39 is 54.2 Å². The van der Waals surface area contributed by atoms with Crippen molar-refractivity contribution in [2.45, 2.75) is 56.6 Å². The molecule has 28 heavy (non-hydrogen) atoms. The van der Waals surface area contributed by atoms with Gasteiger partial charge in [-0.2, -0.15) is 0 Å². The highest BCUT2D eigenvalue weighted by Gasteiger charge is 2.49. The molecule has 154 valence electrons. The van der Waals surface area contributed by atoms with Crippen LogP contribution >= 0.6 is 0 Å². The number of carbonyl (C=O) groups excluding carboxylic acids is 3. The van der Waals surface area contributed by atoms with E-state index in [-0.39, 0.29) is 6.42 Å². The molecule has 0 bridgehead atoms. The summed E-state index contributed by atoms with van der Waals surface area (Å²) in [4.78, 5) is 35.7. The summed E-state index contributed by atoms with van der Waals surface area (Å²) in [5, 5.41) is 38.2. The number of primary amides is 1. The highest BCUT2D eigenvalue weighted by atomic mass is 16.3. The van der Waals surface area contributed by atoms with Crippen molar-refractivity contribution in [3.8, 4) is 0 Å². The second kappa shape index (κ2) is 8.55. The molecule has 0 saturated heterocycles. The lowest BCUT2D eigenvalue weighted by Crippen LogP contribution is -2.64. The molecular weight excluding hydrogens is 368 g/mol. The summed E-state index contributed by atoms with van der Waals surface area (Å²) < 4.78 is 0. The van der Waals surface area contributed by atoms with Crippen LogP contribution in [0.5, 0.6) is 0 Å². The quantitative estimate of drug-likeness (QED) is 0.327. The normalized spacial score (nSPS) is 28.1. The standard InChI is InChI=1S/C18H26N4O6/c1-9-3-5-11(6-4-9)21-17(27)22-12-7-18(28,8-13(23)14(12)24)16(26)20-10(2)15(19)25/h3-6,10,12-14,23-24,28H,7-8H2,1-2H3,(H2,19,25)(H,20,26)(H2,21,22,27)/t10-,12-,13-,14-,18+/m1/s1. The SMILES string of the molecule is Cc1ccc(NC(=O)N[C@@H]2C[C@@](O)(C(=O)N[C@H](C)C(N)=O)C[C@@H](O)[C@@H]2O)cc1. The Hall–Kier alpha value is -2.69. The Labute approximate surface area is 162 Å². The first-order chi connectivity index (χ1) is 13.0. The highest BCUT2D eigenvalue weighted by molar-refractivity contribution is 5.91. The number of hydrogen-bond donors (Lipinski definition) is 7. The zero-order valence-corrected chi connectivity index (χ0v) is 15.7. The third kappa shape index (κ3) is 5.18. The minimum Gasteiger partial charge on any atom is -0.390 e. The largest absolute Gasteiger partial charge is 0.390 e. The first kappa shape index (κ1) is 21.6. The molecule has 0 heterocycles. The number of anilines is 1. The van der Waals surface area contributed by atoms with Gasteiger partial charge in [-0.3, -0.25) is 9.59 Å². The molecule has 0 spiro atoms. The number of amides is 4. The maximum atomic E-state index is 12.4. The van der Waals surface area contributed by atoms with Gasteiger partial charge in [-0.1, -0.05) is 17.7 Å². The van der Waals surface area contributed by atoms with Gasteiger partial charge in [-0.05, 0) is 26.0 Å². The lowest BCUT2D eigenvalue weighted by Gasteiger charge is -2.41. The molecule has 1 aromatic carbocycles. The molecule has 1 fully saturated rings. The molecule has 0 radical (unpaired) electrons. The summed E-state index contributed by atoms with van der Waals surface area (Å²) in [7, 11) is 0.